The molecule has 7 heteroatoms. The van der Waals surface area contributed by atoms with Crippen molar-refractivity contribution in [1.82, 2.24) is 4.90 Å². The van der Waals surface area contributed by atoms with Crippen molar-refractivity contribution in [3.63, 3.8) is 0 Å². The minimum atomic E-state index is -0.357. The Balaban J connectivity index is 1.75. The maximum atomic E-state index is 8.76. The zero-order valence-electron chi connectivity index (χ0n) is 11.6. The maximum absolute atomic E-state index is 8.76. The minimum absolute atomic E-state index is 0.121. The molecule has 0 radical (unpaired) electrons. The molecular formula is C14H18BrN3O3. The maximum Gasteiger partial charge on any atom is 0.169 e. The first-order valence-corrected chi connectivity index (χ1v) is 7.72. The smallest absolute Gasteiger partial charge is 0.169 e. The van der Waals surface area contributed by atoms with E-state index in [0.717, 1.165) is 41.9 Å². The summed E-state index contributed by atoms with van der Waals surface area (Å²) in [6, 6.07) is 4.21. The number of ether oxygens (including phenoxy) is 2. The van der Waals surface area contributed by atoms with E-state index in [-0.39, 0.29) is 11.9 Å². The van der Waals surface area contributed by atoms with Crippen LogP contribution in [0.5, 0.6) is 5.75 Å². The first kappa shape index (κ1) is 14.6. The summed E-state index contributed by atoms with van der Waals surface area (Å²) in [6.45, 7) is 3.50. The number of amidine groups is 1. The van der Waals surface area contributed by atoms with Crippen LogP contribution in [0.2, 0.25) is 0 Å². The molecule has 2 aliphatic rings. The summed E-state index contributed by atoms with van der Waals surface area (Å²) in [5.41, 5.74) is 8.05. The van der Waals surface area contributed by atoms with E-state index in [4.69, 9.17) is 20.4 Å². The van der Waals surface area contributed by atoms with Crippen LogP contribution in [-0.2, 0) is 17.7 Å². The largest absolute Gasteiger partial charge is 0.493 e. The number of oxime groups is 1. The van der Waals surface area contributed by atoms with Gasteiger partial charge in [-0.15, -0.1) is 0 Å². The van der Waals surface area contributed by atoms with Crippen molar-refractivity contribution in [2.24, 2.45) is 10.9 Å². The zero-order chi connectivity index (χ0) is 14.8. The normalized spacial score (nSPS) is 22.9. The van der Waals surface area contributed by atoms with E-state index in [1.165, 1.54) is 5.56 Å². The highest BCUT2D eigenvalue weighted by molar-refractivity contribution is 9.10. The molecule has 0 spiro atoms. The van der Waals surface area contributed by atoms with Crippen molar-refractivity contribution < 1.29 is 14.7 Å². The predicted molar refractivity (Wildman–Crippen MR) is 81.8 cm³/mol. The van der Waals surface area contributed by atoms with E-state index in [9.17, 15) is 0 Å². The van der Waals surface area contributed by atoms with Crippen molar-refractivity contribution >= 4 is 21.8 Å². The second-order valence-corrected chi connectivity index (χ2v) is 6.19. The number of halogens is 1. The van der Waals surface area contributed by atoms with E-state index < -0.39 is 0 Å². The third kappa shape index (κ3) is 3.14. The zero-order valence-corrected chi connectivity index (χ0v) is 13.2. The van der Waals surface area contributed by atoms with Crippen molar-refractivity contribution in [1.29, 1.82) is 0 Å². The number of nitrogens with two attached hydrogens (primary N) is 1. The van der Waals surface area contributed by atoms with E-state index in [2.05, 4.69) is 38.1 Å². The lowest BCUT2D eigenvalue weighted by molar-refractivity contribution is 0.00117. The second kappa shape index (κ2) is 6.21. The molecule has 0 bridgehead atoms. The van der Waals surface area contributed by atoms with Crippen LogP contribution in [0, 0.1) is 0 Å². The molecule has 0 aromatic heterocycles. The number of fused-ring (bicyclic) bond motifs is 1. The Bertz CT molecular complexity index is 565. The number of nitrogens with zero attached hydrogens (tertiary/aromatic N) is 2. The van der Waals surface area contributed by atoms with Crippen LogP contribution < -0.4 is 10.5 Å². The monoisotopic (exact) mass is 355 g/mol. The van der Waals surface area contributed by atoms with Crippen LogP contribution in [-0.4, -0.2) is 48.4 Å². The van der Waals surface area contributed by atoms with Crippen molar-refractivity contribution in [2.45, 2.75) is 19.1 Å². The van der Waals surface area contributed by atoms with E-state index >= 15 is 0 Å². The van der Waals surface area contributed by atoms with Crippen molar-refractivity contribution in [3.8, 4) is 5.75 Å². The fourth-order valence-electron chi connectivity index (χ4n) is 2.79. The fourth-order valence-corrected chi connectivity index (χ4v) is 3.35. The van der Waals surface area contributed by atoms with Crippen LogP contribution in [0.1, 0.15) is 11.1 Å². The topological polar surface area (TPSA) is 80.3 Å². The van der Waals surface area contributed by atoms with Gasteiger partial charge in [-0.1, -0.05) is 21.1 Å². The minimum Gasteiger partial charge on any atom is -0.493 e. The predicted octanol–water partition coefficient (Wildman–Crippen LogP) is 1.33. The van der Waals surface area contributed by atoms with Gasteiger partial charge in [0.05, 0.1) is 13.2 Å². The summed E-state index contributed by atoms with van der Waals surface area (Å²) in [5.74, 6) is 1.13. The highest BCUT2D eigenvalue weighted by Gasteiger charge is 2.26. The van der Waals surface area contributed by atoms with E-state index in [1.54, 1.807) is 0 Å². The Morgan fingerprint density at radius 2 is 2.33 bits per heavy atom. The summed E-state index contributed by atoms with van der Waals surface area (Å²) in [5, 5.41) is 11.8. The summed E-state index contributed by atoms with van der Waals surface area (Å²) in [4.78, 5) is 2.23. The molecule has 114 valence electrons. The lowest BCUT2D eigenvalue weighted by Crippen LogP contribution is -2.48. The number of morpholine rings is 1. The Morgan fingerprint density at radius 3 is 3.14 bits per heavy atom. The van der Waals surface area contributed by atoms with Gasteiger partial charge in [0, 0.05) is 36.1 Å². The number of hydrogen-bond acceptors (Lipinski definition) is 5. The van der Waals surface area contributed by atoms with Gasteiger partial charge >= 0.3 is 0 Å². The molecule has 6 nitrogen and oxygen atoms in total. The van der Waals surface area contributed by atoms with Crippen LogP contribution in [0.4, 0.5) is 0 Å². The molecule has 2 heterocycles. The Morgan fingerprint density at radius 1 is 1.48 bits per heavy atom. The van der Waals surface area contributed by atoms with Gasteiger partial charge in [-0.3, -0.25) is 4.90 Å². The average molecular weight is 356 g/mol. The van der Waals surface area contributed by atoms with E-state index in [0.29, 0.717) is 13.2 Å². The molecule has 2 aliphatic heterocycles. The van der Waals surface area contributed by atoms with Crippen LogP contribution in [0.15, 0.2) is 21.8 Å². The lowest BCUT2D eigenvalue weighted by atomic mass is 10.1. The molecule has 21 heavy (non-hydrogen) atoms. The molecule has 1 saturated heterocycles. The molecule has 3 N–H and O–H groups in total. The summed E-state index contributed by atoms with van der Waals surface area (Å²) >= 11 is 3.56. The molecule has 1 fully saturated rings. The average Bonchev–Trinajstić information content (AvgIpc) is 2.95. The van der Waals surface area contributed by atoms with Crippen LogP contribution >= 0.6 is 15.9 Å². The molecule has 1 aromatic carbocycles. The number of hydrogen-bond donors (Lipinski definition) is 2. The van der Waals surface area contributed by atoms with Gasteiger partial charge in [0.2, 0.25) is 0 Å². The number of benzene rings is 1. The highest BCUT2D eigenvalue weighted by Crippen LogP contribution is 2.33. The molecule has 0 aliphatic carbocycles. The Labute approximate surface area is 131 Å². The van der Waals surface area contributed by atoms with Crippen LogP contribution in [0.25, 0.3) is 0 Å². The lowest BCUT2D eigenvalue weighted by Gasteiger charge is -2.32. The van der Waals surface area contributed by atoms with Gasteiger partial charge in [-0.05, 0) is 17.7 Å². The quantitative estimate of drug-likeness (QED) is 0.370. The summed E-state index contributed by atoms with van der Waals surface area (Å²) in [6.07, 6.45) is 0.599. The van der Waals surface area contributed by atoms with Gasteiger partial charge in [0.15, 0.2) is 5.84 Å². The van der Waals surface area contributed by atoms with Crippen molar-refractivity contribution in [3.05, 3.63) is 27.7 Å². The molecular weight excluding hydrogens is 338 g/mol. The van der Waals surface area contributed by atoms with Crippen molar-refractivity contribution in [2.75, 3.05) is 26.3 Å². The van der Waals surface area contributed by atoms with Gasteiger partial charge in [-0.2, -0.15) is 0 Å². The van der Waals surface area contributed by atoms with Gasteiger partial charge in [-0.25, -0.2) is 0 Å². The van der Waals surface area contributed by atoms with Crippen LogP contribution in [0.3, 0.4) is 0 Å². The molecule has 0 amide bonds. The van der Waals surface area contributed by atoms with Gasteiger partial charge in [0.1, 0.15) is 11.9 Å². The molecule has 1 atom stereocenters. The summed E-state index contributed by atoms with van der Waals surface area (Å²) < 4.78 is 12.3. The Hall–Kier alpha value is -1.31. The molecule has 1 aromatic rings. The third-order valence-corrected chi connectivity index (χ3v) is 4.27. The molecule has 0 saturated carbocycles. The second-order valence-electron chi connectivity index (χ2n) is 5.27. The first-order valence-electron chi connectivity index (χ1n) is 6.93. The van der Waals surface area contributed by atoms with E-state index in [1.807, 2.05) is 0 Å². The van der Waals surface area contributed by atoms with Gasteiger partial charge < -0.3 is 20.4 Å². The SMILES string of the molecule is N/C(=N/O)C1CN(Cc2cc(Br)cc3c2OCC3)CCO1. The molecule has 1 unspecified atom stereocenters. The Kier molecular flexibility index (Phi) is 4.32. The molecule has 3 rings (SSSR count). The third-order valence-electron chi connectivity index (χ3n) is 3.82. The summed E-state index contributed by atoms with van der Waals surface area (Å²) in [7, 11) is 0. The standard InChI is InChI=1S/C14H18BrN3O3/c15-11-5-9-1-3-21-13(9)10(6-11)7-18-2-4-20-12(8-18)14(16)17-19/h5-6,12,19H,1-4,7-8H2,(H2,16,17). The fraction of sp³-hybridized carbons (Fsp3) is 0.500. The number of rotatable bonds is 3. The first-order chi connectivity index (χ1) is 10.2. The highest BCUT2D eigenvalue weighted by atomic mass is 79.9. The van der Waals surface area contributed by atoms with Gasteiger partial charge in [0.25, 0.3) is 0 Å².